The van der Waals surface area contributed by atoms with Gasteiger partial charge in [0.15, 0.2) is 11.5 Å². The van der Waals surface area contributed by atoms with Crippen LogP contribution in [0.4, 0.5) is 0 Å². The molecular weight excluding hydrogens is 432 g/mol. The van der Waals surface area contributed by atoms with Gasteiger partial charge in [0, 0.05) is 39.3 Å². The predicted molar refractivity (Wildman–Crippen MR) is 120 cm³/mol. The zero-order valence-electron chi connectivity index (χ0n) is 19.1. The van der Waals surface area contributed by atoms with Crippen LogP contribution in [0.2, 0.25) is 0 Å². The number of aliphatic hydroxyl groups is 1. The lowest BCUT2D eigenvalue weighted by Gasteiger charge is -2.35. The second-order valence-corrected chi connectivity index (χ2v) is 7.76. The van der Waals surface area contributed by atoms with Gasteiger partial charge < -0.3 is 36.5 Å². The summed E-state index contributed by atoms with van der Waals surface area (Å²) in [5.74, 6) is 1.74. The van der Waals surface area contributed by atoms with E-state index in [0.29, 0.717) is 30.4 Å². The Morgan fingerprint density at radius 3 is 2.00 bits per heavy atom. The number of ether oxygens (including phenoxy) is 4. The van der Waals surface area contributed by atoms with E-state index in [1.54, 1.807) is 21.3 Å². The molecule has 0 radical (unpaired) electrons. The summed E-state index contributed by atoms with van der Waals surface area (Å²) >= 11 is 0. The van der Waals surface area contributed by atoms with Gasteiger partial charge in [0.25, 0.3) is 0 Å². The molecule has 1 aliphatic heterocycles. The predicted octanol–water partition coefficient (Wildman–Crippen LogP) is -0.588. The first-order chi connectivity index (χ1) is 15.1. The second-order valence-electron chi connectivity index (χ2n) is 7.76. The van der Waals surface area contributed by atoms with E-state index in [4.69, 9.17) is 18.9 Å². The summed E-state index contributed by atoms with van der Waals surface area (Å²) in [5.41, 5.74) is 2.24. The number of benzene rings is 2. The van der Waals surface area contributed by atoms with Gasteiger partial charge in [-0.2, -0.15) is 0 Å². The highest BCUT2D eigenvalue weighted by atomic mass is 35.5. The van der Waals surface area contributed by atoms with Crippen LogP contribution < -0.4 is 26.6 Å². The third-order valence-corrected chi connectivity index (χ3v) is 5.49. The standard InChI is InChI=1S/C24H34N2O5.ClH/c1-28-22-13-20(14-23(29-2)24(22)30-3)17-31-18-21(27)16-26-11-9-25(10-12-26)15-19-7-5-4-6-8-19;/h4-8,13-14,21,27H,9-12,15-18H2,1-3H3;1H/p-1. The fraction of sp³-hybridized carbons (Fsp3) is 0.500. The van der Waals surface area contributed by atoms with Crippen molar-refractivity contribution in [3.05, 3.63) is 53.6 Å². The molecule has 32 heavy (non-hydrogen) atoms. The van der Waals surface area contributed by atoms with Gasteiger partial charge in [-0.1, -0.05) is 30.3 Å². The minimum absolute atomic E-state index is 0. The molecule has 0 bridgehead atoms. The van der Waals surface area contributed by atoms with Gasteiger partial charge in [-0.15, -0.1) is 0 Å². The van der Waals surface area contributed by atoms with Gasteiger partial charge in [0.2, 0.25) is 5.75 Å². The van der Waals surface area contributed by atoms with Crippen LogP contribution in [0.5, 0.6) is 17.2 Å². The van der Waals surface area contributed by atoms with Gasteiger partial charge in [-0.3, -0.25) is 9.80 Å². The van der Waals surface area contributed by atoms with Crippen LogP contribution in [0.3, 0.4) is 0 Å². The van der Waals surface area contributed by atoms with Gasteiger partial charge >= 0.3 is 0 Å². The molecule has 1 heterocycles. The highest BCUT2D eigenvalue weighted by Gasteiger charge is 2.19. The van der Waals surface area contributed by atoms with E-state index in [-0.39, 0.29) is 19.0 Å². The molecule has 0 spiro atoms. The SMILES string of the molecule is COc1cc(COCC(O)CN2CCN(Cc3ccccc3)CC2)cc(OC)c1OC.[Cl-]. The van der Waals surface area contributed by atoms with E-state index in [1.807, 2.05) is 18.2 Å². The first-order valence-corrected chi connectivity index (χ1v) is 10.7. The maximum atomic E-state index is 10.4. The van der Waals surface area contributed by atoms with Crippen molar-refractivity contribution in [1.29, 1.82) is 0 Å². The average molecular weight is 466 g/mol. The molecule has 1 N–H and O–H groups in total. The van der Waals surface area contributed by atoms with Gasteiger partial charge in [0.1, 0.15) is 0 Å². The van der Waals surface area contributed by atoms with Crippen LogP contribution in [-0.2, 0) is 17.9 Å². The third kappa shape index (κ3) is 7.53. The molecule has 2 aromatic rings. The Balaban J connectivity index is 0.00000363. The monoisotopic (exact) mass is 465 g/mol. The van der Waals surface area contributed by atoms with Crippen molar-refractivity contribution in [2.75, 3.05) is 60.7 Å². The number of hydrogen-bond acceptors (Lipinski definition) is 7. The van der Waals surface area contributed by atoms with Crippen molar-refractivity contribution < 1.29 is 36.5 Å². The zero-order chi connectivity index (χ0) is 22.1. The number of rotatable bonds is 11. The first kappa shape index (κ1) is 26.2. The Labute approximate surface area is 197 Å². The number of hydrogen-bond donors (Lipinski definition) is 1. The normalized spacial score (nSPS) is 15.6. The number of piperazine rings is 1. The summed E-state index contributed by atoms with van der Waals surface area (Å²) in [5, 5.41) is 10.4. The fourth-order valence-corrected chi connectivity index (χ4v) is 3.85. The molecule has 2 aromatic carbocycles. The maximum Gasteiger partial charge on any atom is 0.203 e. The quantitative estimate of drug-likeness (QED) is 0.476. The lowest BCUT2D eigenvalue weighted by molar-refractivity contribution is -0.0000553. The van der Waals surface area contributed by atoms with Crippen molar-refractivity contribution in [2.45, 2.75) is 19.3 Å². The molecule has 1 fully saturated rings. The minimum Gasteiger partial charge on any atom is -1.00 e. The maximum absolute atomic E-state index is 10.4. The number of halogens is 1. The van der Waals surface area contributed by atoms with Crippen molar-refractivity contribution in [1.82, 2.24) is 9.80 Å². The Morgan fingerprint density at radius 2 is 1.44 bits per heavy atom. The number of β-amino-alcohol motifs (C(OH)–C–C–N with tert-alkyl or cyclic N) is 1. The molecule has 8 heteroatoms. The average Bonchev–Trinajstić information content (AvgIpc) is 2.80. The molecule has 1 unspecified atom stereocenters. The van der Waals surface area contributed by atoms with Crippen LogP contribution in [0, 0.1) is 0 Å². The lowest BCUT2D eigenvalue weighted by atomic mass is 10.2. The Morgan fingerprint density at radius 1 is 0.844 bits per heavy atom. The topological polar surface area (TPSA) is 63.6 Å². The molecule has 0 amide bonds. The van der Waals surface area contributed by atoms with Crippen LogP contribution in [-0.4, -0.2) is 81.7 Å². The van der Waals surface area contributed by atoms with E-state index in [0.717, 1.165) is 38.3 Å². The van der Waals surface area contributed by atoms with Crippen LogP contribution in [0.15, 0.2) is 42.5 Å². The summed E-state index contributed by atoms with van der Waals surface area (Å²) in [7, 11) is 4.75. The second kappa shape index (κ2) is 13.5. The van der Waals surface area contributed by atoms with E-state index in [9.17, 15) is 5.11 Å². The van der Waals surface area contributed by atoms with E-state index in [1.165, 1.54) is 5.56 Å². The van der Waals surface area contributed by atoms with E-state index in [2.05, 4.69) is 34.1 Å². The van der Waals surface area contributed by atoms with Gasteiger partial charge in [-0.25, -0.2) is 0 Å². The van der Waals surface area contributed by atoms with E-state index >= 15 is 0 Å². The molecule has 1 saturated heterocycles. The number of aliphatic hydroxyl groups excluding tert-OH is 1. The summed E-state index contributed by atoms with van der Waals surface area (Å²) in [6.45, 7) is 6.17. The Kier molecular flexibility index (Phi) is 11.1. The molecule has 1 atom stereocenters. The van der Waals surface area contributed by atoms with Crippen molar-refractivity contribution >= 4 is 0 Å². The molecule has 178 valence electrons. The van der Waals surface area contributed by atoms with Crippen molar-refractivity contribution in [2.24, 2.45) is 0 Å². The molecule has 1 aliphatic rings. The highest BCUT2D eigenvalue weighted by Crippen LogP contribution is 2.38. The molecule has 0 aliphatic carbocycles. The lowest BCUT2D eigenvalue weighted by Crippen LogP contribution is -3.00. The summed E-state index contributed by atoms with van der Waals surface area (Å²) in [6.07, 6.45) is -0.525. The van der Waals surface area contributed by atoms with Crippen LogP contribution in [0.1, 0.15) is 11.1 Å². The molecule has 0 aromatic heterocycles. The number of nitrogens with zero attached hydrogens (tertiary/aromatic N) is 2. The highest BCUT2D eigenvalue weighted by molar-refractivity contribution is 5.53. The smallest absolute Gasteiger partial charge is 0.203 e. The Hall–Kier alpha value is -2.03. The summed E-state index contributed by atoms with van der Waals surface area (Å²) in [4.78, 5) is 4.76. The van der Waals surface area contributed by atoms with Gasteiger partial charge in [-0.05, 0) is 23.3 Å². The van der Waals surface area contributed by atoms with E-state index < -0.39 is 6.10 Å². The van der Waals surface area contributed by atoms with Crippen molar-refractivity contribution in [3.8, 4) is 17.2 Å². The van der Waals surface area contributed by atoms with Crippen molar-refractivity contribution in [3.63, 3.8) is 0 Å². The number of methoxy groups -OCH3 is 3. The molecule has 3 rings (SSSR count). The van der Waals surface area contributed by atoms with Crippen LogP contribution >= 0.6 is 0 Å². The third-order valence-electron chi connectivity index (χ3n) is 5.49. The Bertz CT molecular complexity index is 775. The largest absolute Gasteiger partial charge is 1.00 e. The molecular formula is C24H34ClN2O5-. The first-order valence-electron chi connectivity index (χ1n) is 10.7. The van der Waals surface area contributed by atoms with Gasteiger partial charge in [0.05, 0.1) is 40.6 Å². The fourth-order valence-electron chi connectivity index (χ4n) is 3.85. The van der Waals surface area contributed by atoms with Crippen LogP contribution in [0.25, 0.3) is 0 Å². The molecule has 7 nitrogen and oxygen atoms in total. The summed E-state index contributed by atoms with van der Waals surface area (Å²) < 4.78 is 21.8. The minimum atomic E-state index is -0.525. The summed E-state index contributed by atoms with van der Waals surface area (Å²) in [6, 6.07) is 14.3. The molecule has 0 saturated carbocycles. The zero-order valence-corrected chi connectivity index (χ0v) is 19.9.